The maximum atomic E-state index is 12.6. The lowest BCUT2D eigenvalue weighted by atomic mass is 10.2. The van der Waals surface area contributed by atoms with Crippen molar-refractivity contribution in [3.63, 3.8) is 0 Å². The van der Waals surface area contributed by atoms with Crippen LogP contribution in [0, 0.1) is 10.1 Å². The molecule has 1 aromatic heterocycles. The number of nitrogens with zero attached hydrogens (tertiary/aromatic N) is 3. The first-order valence-electron chi connectivity index (χ1n) is 8.20. The van der Waals surface area contributed by atoms with Gasteiger partial charge in [0.15, 0.2) is 6.29 Å². The van der Waals surface area contributed by atoms with Gasteiger partial charge in [0.05, 0.1) is 11.5 Å². The molecule has 0 bridgehead atoms. The Hall–Kier alpha value is -3.11. The first kappa shape index (κ1) is 20.2. The second kappa shape index (κ2) is 9.01. The Labute approximate surface area is 154 Å². The molecule has 10 nitrogen and oxygen atoms in total. The van der Waals surface area contributed by atoms with Crippen LogP contribution in [0.1, 0.15) is 24.2 Å². The third-order valence-electron chi connectivity index (χ3n) is 3.65. The summed E-state index contributed by atoms with van der Waals surface area (Å²) in [4.78, 5) is 38.3. The van der Waals surface area contributed by atoms with Gasteiger partial charge in [0.1, 0.15) is 11.4 Å². The molecule has 0 amide bonds. The summed E-state index contributed by atoms with van der Waals surface area (Å²) in [6.07, 6.45) is 0.189. The first-order valence-corrected chi connectivity index (χ1v) is 8.20. The molecule has 0 spiro atoms. The minimum absolute atomic E-state index is 0.0824. The maximum Gasteiger partial charge on any atom is 0.342 e. The Balaban J connectivity index is 2.55. The highest BCUT2D eigenvalue weighted by molar-refractivity contribution is 5.87. The average molecular weight is 377 g/mol. The van der Waals surface area contributed by atoms with Crippen molar-refractivity contribution in [2.45, 2.75) is 26.7 Å². The fourth-order valence-corrected chi connectivity index (χ4v) is 2.45. The van der Waals surface area contributed by atoms with E-state index >= 15 is 0 Å². The van der Waals surface area contributed by atoms with E-state index in [-0.39, 0.29) is 18.1 Å². The molecule has 0 aliphatic rings. The van der Waals surface area contributed by atoms with Crippen LogP contribution < -0.4 is 5.56 Å². The third kappa shape index (κ3) is 4.74. The van der Waals surface area contributed by atoms with Crippen molar-refractivity contribution in [1.29, 1.82) is 0 Å². The molecule has 0 aliphatic carbocycles. The van der Waals surface area contributed by atoms with E-state index in [2.05, 4.69) is 4.98 Å². The number of hydrogen-bond acceptors (Lipinski definition) is 7. The van der Waals surface area contributed by atoms with E-state index in [1.54, 1.807) is 13.8 Å². The largest absolute Gasteiger partial charge is 0.477 e. The molecule has 0 atom stereocenters. The van der Waals surface area contributed by atoms with Crippen molar-refractivity contribution < 1.29 is 24.3 Å². The Bertz CT molecular complexity index is 871. The molecule has 0 aliphatic heterocycles. The van der Waals surface area contributed by atoms with E-state index in [4.69, 9.17) is 9.47 Å². The number of ether oxygens (including phenoxy) is 2. The number of nitro benzene ring substituents is 1. The van der Waals surface area contributed by atoms with Crippen LogP contribution in [-0.4, -0.2) is 45.1 Å². The Morgan fingerprint density at radius 3 is 2.33 bits per heavy atom. The summed E-state index contributed by atoms with van der Waals surface area (Å²) in [5.74, 6) is -1.25. The number of carboxylic acid groups (broad SMARTS) is 1. The summed E-state index contributed by atoms with van der Waals surface area (Å²) >= 11 is 0. The minimum Gasteiger partial charge on any atom is -0.477 e. The summed E-state index contributed by atoms with van der Waals surface area (Å²) in [6.45, 7) is 4.10. The first-order chi connectivity index (χ1) is 12.9. The van der Waals surface area contributed by atoms with Crippen LogP contribution in [0.3, 0.4) is 0 Å². The van der Waals surface area contributed by atoms with Gasteiger partial charge in [0.2, 0.25) is 0 Å². The predicted octanol–water partition coefficient (Wildman–Crippen LogP) is 1.92. The summed E-state index contributed by atoms with van der Waals surface area (Å²) < 4.78 is 12.0. The van der Waals surface area contributed by atoms with Crippen molar-refractivity contribution in [1.82, 2.24) is 9.55 Å². The number of benzene rings is 1. The number of hydrogen-bond donors (Lipinski definition) is 1. The van der Waals surface area contributed by atoms with Crippen LogP contribution in [0.25, 0.3) is 11.4 Å². The van der Waals surface area contributed by atoms with Gasteiger partial charge < -0.3 is 14.6 Å². The molecule has 0 saturated carbocycles. The van der Waals surface area contributed by atoms with Gasteiger partial charge in [0, 0.05) is 37.1 Å². The number of non-ortho nitro benzene ring substituents is 1. The Kier molecular flexibility index (Phi) is 6.74. The molecule has 2 aromatic rings. The summed E-state index contributed by atoms with van der Waals surface area (Å²) in [6, 6.07) is 5.43. The molecule has 0 fully saturated rings. The maximum absolute atomic E-state index is 12.6. The van der Waals surface area contributed by atoms with E-state index < -0.39 is 28.3 Å². The molecule has 0 saturated heterocycles. The number of nitro groups is 1. The predicted molar refractivity (Wildman–Crippen MR) is 94.6 cm³/mol. The lowest BCUT2D eigenvalue weighted by Gasteiger charge is -2.20. The van der Waals surface area contributed by atoms with Crippen LogP contribution >= 0.6 is 0 Å². The lowest BCUT2D eigenvalue weighted by Crippen LogP contribution is -2.34. The van der Waals surface area contributed by atoms with Crippen LogP contribution in [0.4, 0.5) is 5.69 Å². The zero-order chi connectivity index (χ0) is 20.0. The molecule has 0 radical (unpaired) electrons. The summed E-state index contributed by atoms with van der Waals surface area (Å²) in [5.41, 5.74) is -0.958. The molecule has 10 heteroatoms. The van der Waals surface area contributed by atoms with Crippen LogP contribution in [0.5, 0.6) is 0 Å². The van der Waals surface area contributed by atoms with Gasteiger partial charge in [-0.05, 0) is 26.0 Å². The molecule has 144 valence electrons. The summed E-state index contributed by atoms with van der Waals surface area (Å²) in [7, 11) is 0. The second-order valence-corrected chi connectivity index (χ2v) is 5.36. The van der Waals surface area contributed by atoms with E-state index in [9.17, 15) is 24.8 Å². The standard InChI is InChI=1S/C17H19N3O7/c1-3-26-14(27-4-2)10-19-15(18-9-13(16(19)21)17(22)23)11-5-7-12(8-6-11)20(24)25/h5-9,14H,3-4,10H2,1-2H3,(H,22,23). The van der Waals surface area contributed by atoms with Gasteiger partial charge in [-0.1, -0.05) is 0 Å². The molecule has 27 heavy (non-hydrogen) atoms. The van der Waals surface area contributed by atoms with Gasteiger partial charge in [-0.25, -0.2) is 9.78 Å². The van der Waals surface area contributed by atoms with Gasteiger partial charge in [-0.3, -0.25) is 19.5 Å². The van der Waals surface area contributed by atoms with Gasteiger partial charge in [-0.2, -0.15) is 0 Å². The fraction of sp³-hybridized carbons (Fsp3) is 0.353. The van der Waals surface area contributed by atoms with Gasteiger partial charge in [0.25, 0.3) is 11.2 Å². The highest BCUT2D eigenvalue weighted by Gasteiger charge is 2.20. The number of aromatic carboxylic acids is 1. The lowest BCUT2D eigenvalue weighted by molar-refractivity contribution is -0.384. The second-order valence-electron chi connectivity index (χ2n) is 5.36. The monoisotopic (exact) mass is 377 g/mol. The van der Waals surface area contributed by atoms with E-state index in [1.165, 1.54) is 24.3 Å². The smallest absolute Gasteiger partial charge is 0.342 e. The molecular weight excluding hydrogens is 358 g/mol. The Morgan fingerprint density at radius 1 is 1.26 bits per heavy atom. The zero-order valence-corrected chi connectivity index (χ0v) is 14.8. The minimum atomic E-state index is -1.40. The summed E-state index contributed by atoms with van der Waals surface area (Å²) in [5, 5.41) is 20.0. The van der Waals surface area contributed by atoms with E-state index in [0.717, 1.165) is 10.8 Å². The van der Waals surface area contributed by atoms with Crippen molar-refractivity contribution in [2.75, 3.05) is 13.2 Å². The topological polar surface area (TPSA) is 134 Å². The van der Waals surface area contributed by atoms with Crippen LogP contribution in [0.2, 0.25) is 0 Å². The molecule has 2 rings (SSSR count). The molecule has 0 unspecified atom stereocenters. The highest BCUT2D eigenvalue weighted by atomic mass is 16.7. The molecular formula is C17H19N3O7. The Morgan fingerprint density at radius 2 is 1.85 bits per heavy atom. The SMILES string of the molecule is CCOC(Cn1c(-c2ccc([N+](=O)[O-])cc2)ncc(C(=O)O)c1=O)OCC. The van der Waals surface area contributed by atoms with Crippen molar-refractivity contribution in [3.05, 3.63) is 56.5 Å². The highest BCUT2D eigenvalue weighted by Crippen LogP contribution is 2.20. The van der Waals surface area contributed by atoms with Crippen molar-refractivity contribution >= 4 is 11.7 Å². The average Bonchev–Trinajstić information content (AvgIpc) is 2.63. The van der Waals surface area contributed by atoms with E-state index in [1.807, 2.05) is 0 Å². The van der Waals surface area contributed by atoms with Crippen molar-refractivity contribution in [3.8, 4) is 11.4 Å². The van der Waals surface area contributed by atoms with Crippen molar-refractivity contribution in [2.24, 2.45) is 0 Å². The van der Waals surface area contributed by atoms with Gasteiger partial charge in [-0.15, -0.1) is 0 Å². The third-order valence-corrected chi connectivity index (χ3v) is 3.65. The molecule has 1 aromatic carbocycles. The quantitative estimate of drug-likeness (QED) is 0.398. The molecule has 1 N–H and O–H groups in total. The molecule has 1 heterocycles. The van der Waals surface area contributed by atoms with Crippen LogP contribution in [-0.2, 0) is 16.0 Å². The van der Waals surface area contributed by atoms with E-state index in [0.29, 0.717) is 18.8 Å². The fourth-order valence-electron chi connectivity index (χ4n) is 2.45. The number of aromatic nitrogens is 2. The number of rotatable bonds is 9. The zero-order valence-electron chi connectivity index (χ0n) is 14.8. The number of carbonyl (C=O) groups is 1. The van der Waals surface area contributed by atoms with Gasteiger partial charge >= 0.3 is 5.97 Å². The van der Waals surface area contributed by atoms with Crippen LogP contribution in [0.15, 0.2) is 35.3 Å². The normalized spacial score (nSPS) is 10.9. The number of carboxylic acids is 1.